The van der Waals surface area contributed by atoms with Crippen LogP contribution in [-0.4, -0.2) is 24.3 Å². The Balaban J connectivity index is 2.36. The van der Waals surface area contributed by atoms with Crippen LogP contribution in [-0.2, 0) is 13.5 Å². The van der Waals surface area contributed by atoms with Crippen LogP contribution in [0, 0.1) is 6.92 Å². The van der Waals surface area contributed by atoms with E-state index in [1.807, 2.05) is 48.6 Å². The number of pyridine rings is 1. The maximum absolute atomic E-state index is 6.33. The van der Waals surface area contributed by atoms with Gasteiger partial charge in [0, 0.05) is 19.4 Å². The minimum atomic E-state index is -0.204. The summed E-state index contributed by atoms with van der Waals surface area (Å²) in [5, 5.41) is 4.30. The van der Waals surface area contributed by atoms with E-state index < -0.39 is 0 Å². The van der Waals surface area contributed by atoms with Crippen LogP contribution in [0.15, 0.2) is 18.5 Å². The Bertz CT molecular complexity index is 800. The number of hydrogen-bond donors (Lipinski definition) is 0. The number of hydrogen-bond acceptors (Lipinski definition) is 3. The van der Waals surface area contributed by atoms with Gasteiger partial charge in [0.25, 0.3) is 0 Å². The molecule has 21 heavy (non-hydrogen) atoms. The van der Waals surface area contributed by atoms with Gasteiger partial charge in [-0.3, -0.25) is 9.25 Å². The van der Waals surface area contributed by atoms with Gasteiger partial charge in [0.15, 0.2) is 5.65 Å². The van der Waals surface area contributed by atoms with E-state index in [0.717, 1.165) is 40.4 Å². The second-order valence-corrected chi connectivity index (χ2v) is 5.92. The van der Waals surface area contributed by atoms with Crippen molar-refractivity contribution in [1.29, 1.82) is 0 Å². The lowest BCUT2D eigenvalue weighted by atomic mass is 10.3. The Morgan fingerprint density at radius 2 is 2.14 bits per heavy atom. The summed E-state index contributed by atoms with van der Waals surface area (Å²) >= 11 is 6.33. The first-order valence-electron chi connectivity index (χ1n) is 7.03. The predicted octanol–water partition coefficient (Wildman–Crippen LogP) is 3.32. The molecule has 0 saturated carbocycles. The predicted molar refractivity (Wildman–Crippen MR) is 84.0 cm³/mol. The third-order valence-electron chi connectivity index (χ3n) is 3.47. The molecule has 0 spiro atoms. The number of rotatable bonds is 3. The molecule has 0 fully saturated rings. The molecule has 0 aliphatic carbocycles. The van der Waals surface area contributed by atoms with Gasteiger partial charge >= 0.3 is 0 Å². The van der Waals surface area contributed by atoms with Crippen molar-refractivity contribution < 1.29 is 0 Å². The zero-order chi connectivity index (χ0) is 15.1. The van der Waals surface area contributed by atoms with Gasteiger partial charge in [-0.2, -0.15) is 5.10 Å². The maximum Gasteiger partial charge on any atom is 0.164 e. The van der Waals surface area contributed by atoms with Crippen LogP contribution < -0.4 is 0 Å². The summed E-state index contributed by atoms with van der Waals surface area (Å²) in [6, 6.07) is 2.03. The minimum Gasteiger partial charge on any atom is -0.276 e. The number of halogens is 1. The van der Waals surface area contributed by atoms with Gasteiger partial charge in [-0.25, -0.2) is 9.97 Å². The molecule has 0 aliphatic rings. The molecule has 110 valence electrons. The molecule has 5 nitrogen and oxygen atoms in total. The van der Waals surface area contributed by atoms with E-state index in [1.165, 1.54) is 0 Å². The van der Waals surface area contributed by atoms with E-state index >= 15 is 0 Å². The van der Waals surface area contributed by atoms with Crippen LogP contribution >= 0.6 is 11.6 Å². The molecular formula is C15H18ClN5. The van der Waals surface area contributed by atoms with E-state index in [9.17, 15) is 0 Å². The summed E-state index contributed by atoms with van der Waals surface area (Å²) < 4.78 is 3.84. The largest absolute Gasteiger partial charge is 0.276 e. The first-order chi connectivity index (χ1) is 10.0. The summed E-state index contributed by atoms with van der Waals surface area (Å²) in [7, 11) is 1.92. The normalized spacial score (nSPS) is 13.0. The molecule has 1 unspecified atom stereocenters. The van der Waals surface area contributed by atoms with Gasteiger partial charge in [-0.1, -0.05) is 6.92 Å². The monoisotopic (exact) mass is 303 g/mol. The van der Waals surface area contributed by atoms with Crippen LogP contribution in [0.2, 0.25) is 0 Å². The van der Waals surface area contributed by atoms with E-state index in [4.69, 9.17) is 11.6 Å². The Morgan fingerprint density at radius 1 is 1.38 bits per heavy atom. The van der Waals surface area contributed by atoms with Gasteiger partial charge in [0.2, 0.25) is 0 Å². The lowest BCUT2D eigenvalue weighted by molar-refractivity contribution is 0.746. The molecule has 0 amide bonds. The summed E-state index contributed by atoms with van der Waals surface area (Å²) in [6.07, 6.45) is 4.69. The van der Waals surface area contributed by atoms with E-state index in [1.54, 1.807) is 0 Å². The smallest absolute Gasteiger partial charge is 0.164 e. The fourth-order valence-electron chi connectivity index (χ4n) is 2.55. The third kappa shape index (κ3) is 2.31. The lowest BCUT2D eigenvalue weighted by Crippen LogP contribution is -2.04. The second kappa shape index (κ2) is 5.15. The Kier molecular flexibility index (Phi) is 3.45. The van der Waals surface area contributed by atoms with Crippen molar-refractivity contribution in [3.8, 4) is 5.69 Å². The molecule has 0 N–H and O–H groups in total. The van der Waals surface area contributed by atoms with Gasteiger partial charge in [-0.15, -0.1) is 11.6 Å². The molecule has 3 aromatic heterocycles. The van der Waals surface area contributed by atoms with Crippen LogP contribution in [0.4, 0.5) is 0 Å². The number of fused-ring (bicyclic) bond motifs is 1. The number of imidazole rings is 1. The SMILES string of the molecule is CCc1nn(C)cc1-n1c(C(C)Cl)nc2cc(C)cnc21. The second-order valence-electron chi connectivity index (χ2n) is 5.27. The molecule has 0 saturated heterocycles. The van der Waals surface area contributed by atoms with Crippen molar-refractivity contribution in [2.45, 2.75) is 32.6 Å². The number of aryl methyl sites for hydroxylation is 3. The number of aromatic nitrogens is 5. The zero-order valence-corrected chi connectivity index (χ0v) is 13.4. The molecule has 3 rings (SSSR count). The zero-order valence-electron chi connectivity index (χ0n) is 12.6. The topological polar surface area (TPSA) is 48.5 Å². The summed E-state index contributed by atoms with van der Waals surface area (Å²) in [5.41, 5.74) is 4.79. The van der Waals surface area contributed by atoms with Crippen molar-refractivity contribution in [2.24, 2.45) is 7.05 Å². The third-order valence-corrected chi connectivity index (χ3v) is 3.67. The van der Waals surface area contributed by atoms with E-state index in [-0.39, 0.29) is 5.38 Å². The molecule has 0 aromatic carbocycles. The standard InChI is InChI=1S/C15H18ClN5/c1-5-11-13(8-20(4)19-11)21-14(10(3)16)18-12-6-9(2)7-17-15(12)21/h6-8,10H,5H2,1-4H3. The minimum absolute atomic E-state index is 0.204. The molecule has 3 heterocycles. The highest BCUT2D eigenvalue weighted by Gasteiger charge is 2.20. The lowest BCUT2D eigenvalue weighted by Gasteiger charge is -2.09. The van der Waals surface area contributed by atoms with Crippen LogP contribution in [0.1, 0.15) is 36.3 Å². The summed E-state index contributed by atoms with van der Waals surface area (Å²) in [6.45, 7) is 6.03. The van der Waals surface area contributed by atoms with E-state index in [2.05, 4.69) is 22.0 Å². The first kappa shape index (κ1) is 14.1. The Labute approximate surface area is 128 Å². The average Bonchev–Trinajstić information content (AvgIpc) is 2.97. The molecule has 6 heteroatoms. The van der Waals surface area contributed by atoms with Gasteiger partial charge in [0.05, 0.1) is 16.8 Å². The fraction of sp³-hybridized carbons (Fsp3) is 0.400. The van der Waals surface area contributed by atoms with Gasteiger partial charge < -0.3 is 0 Å². The van der Waals surface area contributed by atoms with Crippen molar-refractivity contribution in [2.75, 3.05) is 0 Å². The maximum atomic E-state index is 6.33. The van der Waals surface area contributed by atoms with Crippen molar-refractivity contribution in [1.82, 2.24) is 24.3 Å². The molecule has 0 aliphatic heterocycles. The average molecular weight is 304 g/mol. The number of alkyl halides is 1. The summed E-state index contributed by atoms with van der Waals surface area (Å²) in [5.74, 6) is 0.799. The quantitative estimate of drug-likeness (QED) is 0.697. The van der Waals surface area contributed by atoms with Gasteiger partial charge in [-0.05, 0) is 31.9 Å². The van der Waals surface area contributed by atoms with E-state index in [0.29, 0.717) is 0 Å². The highest BCUT2D eigenvalue weighted by Crippen LogP contribution is 2.28. The van der Waals surface area contributed by atoms with Crippen LogP contribution in [0.3, 0.4) is 0 Å². The Morgan fingerprint density at radius 3 is 2.81 bits per heavy atom. The van der Waals surface area contributed by atoms with Crippen molar-refractivity contribution in [3.05, 3.63) is 35.5 Å². The fourth-order valence-corrected chi connectivity index (χ4v) is 2.69. The van der Waals surface area contributed by atoms with Crippen molar-refractivity contribution in [3.63, 3.8) is 0 Å². The van der Waals surface area contributed by atoms with Crippen LogP contribution in [0.5, 0.6) is 0 Å². The molecule has 3 aromatic rings. The number of nitrogens with zero attached hydrogens (tertiary/aromatic N) is 5. The molecular weight excluding hydrogens is 286 g/mol. The van der Waals surface area contributed by atoms with Crippen molar-refractivity contribution >= 4 is 22.8 Å². The Hall–Kier alpha value is -1.88. The highest BCUT2D eigenvalue weighted by molar-refractivity contribution is 6.20. The summed E-state index contributed by atoms with van der Waals surface area (Å²) in [4.78, 5) is 9.22. The van der Waals surface area contributed by atoms with Gasteiger partial charge in [0.1, 0.15) is 11.3 Å². The molecule has 0 radical (unpaired) electrons. The van der Waals surface area contributed by atoms with Crippen LogP contribution in [0.25, 0.3) is 16.9 Å². The highest BCUT2D eigenvalue weighted by atomic mass is 35.5. The molecule has 1 atom stereocenters. The molecule has 0 bridgehead atoms. The first-order valence-corrected chi connectivity index (χ1v) is 7.46.